The van der Waals surface area contributed by atoms with Crippen molar-refractivity contribution in [2.24, 2.45) is 0 Å². The summed E-state index contributed by atoms with van der Waals surface area (Å²) >= 11 is 3.49. The minimum Gasteiger partial charge on any atom is -0.370 e. The van der Waals surface area contributed by atoms with Gasteiger partial charge in [-0.3, -0.25) is 0 Å². The van der Waals surface area contributed by atoms with Gasteiger partial charge < -0.3 is 9.72 Å². The standard InChI is InChI=1S/C7H8BrNO/c1-4-7(8)5-2-10-3-6(5)9-4/h9H,2-3H2,1H3. The van der Waals surface area contributed by atoms with Crippen molar-refractivity contribution in [1.29, 1.82) is 0 Å². The highest BCUT2D eigenvalue weighted by molar-refractivity contribution is 9.10. The van der Waals surface area contributed by atoms with Gasteiger partial charge in [-0.25, -0.2) is 0 Å². The Bertz CT molecular complexity index is 267. The summed E-state index contributed by atoms with van der Waals surface area (Å²) in [5.41, 5.74) is 3.72. The highest BCUT2D eigenvalue weighted by Crippen LogP contribution is 2.29. The molecule has 3 heteroatoms. The number of hydrogen-bond donors (Lipinski definition) is 1. The van der Waals surface area contributed by atoms with E-state index in [-0.39, 0.29) is 0 Å². The van der Waals surface area contributed by atoms with E-state index in [0.717, 1.165) is 13.2 Å². The Kier molecular flexibility index (Phi) is 1.35. The molecule has 1 aromatic rings. The molecule has 0 atom stereocenters. The molecule has 0 fully saturated rings. The topological polar surface area (TPSA) is 25.0 Å². The zero-order valence-electron chi connectivity index (χ0n) is 5.70. The Hall–Kier alpha value is -0.280. The first-order chi connectivity index (χ1) is 4.79. The smallest absolute Gasteiger partial charge is 0.0874 e. The third kappa shape index (κ3) is 0.739. The van der Waals surface area contributed by atoms with Gasteiger partial charge in [0.2, 0.25) is 0 Å². The summed E-state index contributed by atoms with van der Waals surface area (Å²) in [6.45, 7) is 3.55. The van der Waals surface area contributed by atoms with Gasteiger partial charge in [0.05, 0.1) is 13.2 Å². The zero-order valence-corrected chi connectivity index (χ0v) is 7.29. The first-order valence-electron chi connectivity index (χ1n) is 3.22. The highest BCUT2D eigenvalue weighted by Gasteiger charge is 2.17. The Morgan fingerprint density at radius 2 is 2.30 bits per heavy atom. The fourth-order valence-electron chi connectivity index (χ4n) is 1.24. The number of hydrogen-bond acceptors (Lipinski definition) is 1. The second-order valence-electron chi connectivity index (χ2n) is 2.51. The Morgan fingerprint density at radius 1 is 1.50 bits per heavy atom. The fourth-order valence-corrected chi connectivity index (χ4v) is 1.70. The summed E-state index contributed by atoms with van der Waals surface area (Å²) < 4.78 is 6.41. The molecule has 0 aliphatic carbocycles. The molecule has 1 aliphatic rings. The van der Waals surface area contributed by atoms with Crippen LogP contribution in [0, 0.1) is 6.92 Å². The number of nitrogens with one attached hydrogen (secondary N) is 1. The molecular formula is C7H8BrNO. The number of ether oxygens (including phenoxy) is 1. The molecule has 0 radical (unpaired) electrons. The van der Waals surface area contributed by atoms with Crippen molar-refractivity contribution >= 4 is 15.9 Å². The van der Waals surface area contributed by atoms with Crippen molar-refractivity contribution in [3.8, 4) is 0 Å². The van der Waals surface area contributed by atoms with E-state index in [1.54, 1.807) is 0 Å². The van der Waals surface area contributed by atoms with Crippen LogP contribution in [-0.2, 0) is 18.0 Å². The van der Waals surface area contributed by atoms with E-state index < -0.39 is 0 Å². The summed E-state index contributed by atoms with van der Waals surface area (Å²) in [5, 5.41) is 0. The van der Waals surface area contributed by atoms with Gasteiger partial charge in [-0.1, -0.05) is 0 Å². The van der Waals surface area contributed by atoms with Crippen LogP contribution < -0.4 is 0 Å². The number of aryl methyl sites for hydroxylation is 1. The molecule has 10 heavy (non-hydrogen) atoms. The maximum Gasteiger partial charge on any atom is 0.0874 e. The van der Waals surface area contributed by atoms with Crippen molar-refractivity contribution in [3.63, 3.8) is 0 Å². The Labute approximate surface area is 67.7 Å². The van der Waals surface area contributed by atoms with Crippen molar-refractivity contribution in [2.75, 3.05) is 0 Å². The van der Waals surface area contributed by atoms with E-state index in [9.17, 15) is 0 Å². The molecule has 0 saturated heterocycles. The third-order valence-corrected chi connectivity index (χ3v) is 2.86. The predicted molar refractivity (Wildman–Crippen MR) is 41.7 cm³/mol. The predicted octanol–water partition coefficient (Wildman–Crippen LogP) is 2.12. The van der Waals surface area contributed by atoms with Gasteiger partial charge in [0.25, 0.3) is 0 Å². The van der Waals surface area contributed by atoms with Crippen molar-refractivity contribution in [2.45, 2.75) is 20.1 Å². The molecule has 1 aliphatic heterocycles. The summed E-state index contributed by atoms with van der Waals surface area (Å²) in [4.78, 5) is 3.25. The van der Waals surface area contributed by atoms with Crippen molar-refractivity contribution < 1.29 is 4.74 Å². The molecule has 0 aromatic carbocycles. The zero-order chi connectivity index (χ0) is 7.14. The van der Waals surface area contributed by atoms with E-state index in [1.165, 1.54) is 21.4 Å². The molecule has 1 N–H and O–H groups in total. The molecule has 0 amide bonds. The summed E-state index contributed by atoms with van der Waals surface area (Å²) in [6, 6.07) is 0. The quantitative estimate of drug-likeness (QED) is 0.684. The molecule has 0 saturated carbocycles. The van der Waals surface area contributed by atoms with Crippen LogP contribution in [0.4, 0.5) is 0 Å². The fraction of sp³-hybridized carbons (Fsp3) is 0.429. The van der Waals surface area contributed by atoms with Crippen LogP contribution in [0.2, 0.25) is 0 Å². The molecule has 0 unspecified atom stereocenters. The Balaban J connectivity index is 2.59. The van der Waals surface area contributed by atoms with Gasteiger partial charge in [-0.15, -0.1) is 0 Å². The second-order valence-corrected chi connectivity index (χ2v) is 3.31. The van der Waals surface area contributed by atoms with Crippen LogP contribution in [0.5, 0.6) is 0 Å². The normalized spacial score (nSPS) is 15.8. The van der Waals surface area contributed by atoms with Gasteiger partial charge in [0.1, 0.15) is 0 Å². The molecule has 1 aromatic heterocycles. The lowest BCUT2D eigenvalue weighted by atomic mass is 10.3. The number of fused-ring (bicyclic) bond motifs is 1. The summed E-state index contributed by atoms with van der Waals surface area (Å²) in [7, 11) is 0. The summed E-state index contributed by atoms with van der Waals surface area (Å²) in [5.74, 6) is 0. The maximum absolute atomic E-state index is 5.23. The second kappa shape index (κ2) is 2.10. The van der Waals surface area contributed by atoms with E-state index in [4.69, 9.17) is 4.74 Å². The molecule has 54 valence electrons. The Morgan fingerprint density at radius 3 is 3.00 bits per heavy atom. The van der Waals surface area contributed by atoms with Crippen LogP contribution in [0.1, 0.15) is 17.0 Å². The van der Waals surface area contributed by atoms with Crippen LogP contribution in [0.25, 0.3) is 0 Å². The molecule has 2 heterocycles. The van der Waals surface area contributed by atoms with Gasteiger partial charge >= 0.3 is 0 Å². The van der Waals surface area contributed by atoms with E-state index in [2.05, 4.69) is 27.8 Å². The lowest BCUT2D eigenvalue weighted by Crippen LogP contribution is -1.81. The maximum atomic E-state index is 5.23. The largest absolute Gasteiger partial charge is 0.370 e. The number of aromatic nitrogens is 1. The molecule has 2 rings (SSSR count). The number of rotatable bonds is 0. The average molecular weight is 202 g/mol. The number of halogens is 1. The third-order valence-electron chi connectivity index (χ3n) is 1.79. The first-order valence-corrected chi connectivity index (χ1v) is 4.02. The average Bonchev–Trinajstić information content (AvgIpc) is 2.41. The van der Waals surface area contributed by atoms with Gasteiger partial charge in [-0.05, 0) is 22.9 Å². The van der Waals surface area contributed by atoms with Crippen molar-refractivity contribution in [3.05, 3.63) is 21.4 Å². The number of aromatic amines is 1. The van der Waals surface area contributed by atoms with Crippen LogP contribution in [0.3, 0.4) is 0 Å². The summed E-state index contributed by atoms with van der Waals surface area (Å²) in [6.07, 6.45) is 0. The molecule has 0 spiro atoms. The van der Waals surface area contributed by atoms with E-state index in [1.807, 2.05) is 0 Å². The first kappa shape index (κ1) is 6.43. The van der Waals surface area contributed by atoms with Gasteiger partial charge in [0.15, 0.2) is 0 Å². The van der Waals surface area contributed by atoms with E-state index in [0.29, 0.717) is 0 Å². The van der Waals surface area contributed by atoms with E-state index >= 15 is 0 Å². The van der Waals surface area contributed by atoms with Crippen LogP contribution >= 0.6 is 15.9 Å². The monoisotopic (exact) mass is 201 g/mol. The van der Waals surface area contributed by atoms with Crippen LogP contribution in [0.15, 0.2) is 4.47 Å². The molecular weight excluding hydrogens is 194 g/mol. The lowest BCUT2D eigenvalue weighted by Gasteiger charge is -1.91. The molecule has 0 bridgehead atoms. The van der Waals surface area contributed by atoms with Crippen molar-refractivity contribution in [1.82, 2.24) is 4.98 Å². The molecule has 2 nitrogen and oxygen atoms in total. The minimum atomic E-state index is 0.738. The SMILES string of the molecule is Cc1[nH]c2c(c1Br)COC2. The van der Waals surface area contributed by atoms with Gasteiger partial charge in [-0.2, -0.15) is 0 Å². The number of H-pyrrole nitrogens is 1. The minimum absolute atomic E-state index is 0.738. The highest BCUT2D eigenvalue weighted by atomic mass is 79.9. The van der Waals surface area contributed by atoms with Gasteiger partial charge in [0, 0.05) is 21.4 Å². The van der Waals surface area contributed by atoms with Crippen LogP contribution in [-0.4, -0.2) is 4.98 Å². The lowest BCUT2D eigenvalue weighted by molar-refractivity contribution is 0.132.